The van der Waals surface area contributed by atoms with E-state index in [0.29, 0.717) is 18.1 Å². The van der Waals surface area contributed by atoms with Crippen LogP contribution in [0.1, 0.15) is 26.2 Å². The quantitative estimate of drug-likeness (QED) is 0.719. The molecule has 94 valence electrons. The van der Waals surface area contributed by atoms with Gasteiger partial charge in [0.25, 0.3) is 0 Å². The molecule has 3 N–H and O–H groups in total. The molecule has 16 heavy (non-hydrogen) atoms. The van der Waals surface area contributed by atoms with Crippen molar-refractivity contribution in [1.82, 2.24) is 10.2 Å². The van der Waals surface area contributed by atoms with Crippen LogP contribution in [-0.2, 0) is 4.74 Å². The van der Waals surface area contributed by atoms with Gasteiger partial charge in [-0.3, -0.25) is 4.90 Å². The summed E-state index contributed by atoms with van der Waals surface area (Å²) in [4.78, 5) is 2.48. The van der Waals surface area contributed by atoms with Gasteiger partial charge in [0.05, 0.1) is 13.2 Å². The molecule has 4 heteroatoms. The predicted molar refractivity (Wildman–Crippen MR) is 65.5 cm³/mol. The number of nitrogens with one attached hydrogen (secondary N) is 1. The molecule has 1 heterocycles. The lowest BCUT2D eigenvalue weighted by molar-refractivity contribution is 0.0339. The second-order valence-corrected chi connectivity index (χ2v) is 5.25. The number of hydrogen-bond donors (Lipinski definition) is 2. The standard InChI is InChI=1S/C12H25N3O/c1-10(9-15-4-6-16-7-5-15)14-12-3-2-11(13)8-12/h10-12,14H,2-9,13H2,1H3. The Morgan fingerprint density at radius 2 is 2.12 bits per heavy atom. The second-order valence-electron chi connectivity index (χ2n) is 5.25. The molecule has 2 rings (SSSR count). The Morgan fingerprint density at radius 3 is 2.75 bits per heavy atom. The SMILES string of the molecule is CC(CN1CCOCC1)NC1CCC(N)C1. The van der Waals surface area contributed by atoms with Gasteiger partial charge in [0.2, 0.25) is 0 Å². The fourth-order valence-electron chi connectivity index (χ4n) is 2.79. The zero-order valence-electron chi connectivity index (χ0n) is 10.3. The molecule has 2 aliphatic rings. The molecule has 0 amide bonds. The number of nitrogens with two attached hydrogens (primary N) is 1. The molecule has 0 aromatic heterocycles. The summed E-state index contributed by atoms with van der Waals surface area (Å²) in [5.74, 6) is 0. The number of rotatable bonds is 4. The molecule has 1 aliphatic heterocycles. The monoisotopic (exact) mass is 227 g/mol. The van der Waals surface area contributed by atoms with Gasteiger partial charge in [0.15, 0.2) is 0 Å². The van der Waals surface area contributed by atoms with Gasteiger partial charge < -0.3 is 15.8 Å². The van der Waals surface area contributed by atoms with Crippen molar-refractivity contribution in [2.75, 3.05) is 32.8 Å². The third kappa shape index (κ3) is 3.70. The molecular weight excluding hydrogens is 202 g/mol. The molecule has 0 aromatic rings. The van der Waals surface area contributed by atoms with Gasteiger partial charge in [-0.25, -0.2) is 0 Å². The first-order valence-corrected chi connectivity index (χ1v) is 6.56. The smallest absolute Gasteiger partial charge is 0.0594 e. The zero-order chi connectivity index (χ0) is 11.4. The molecule has 3 unspecified atom stereocenters. The summed E-state index contributed by atoms with van der Waals surface area (Å²) in [5, 5.41) is 3.69. The molecule has 0 spiro atoms. The number of ether oxygens (including phenoxy) is 1. The van der Waals surface area contributed by atoms with Crippen LogP contribution in [0.2, 0.25) is 0 Å². The highest BCUT2D eigenvalue weighted by Gasteiger charge is 2.23. The Hall–Kier alpha value is -0.160. The molecule has 3 atom stereocenters. The van der Waals surface area contributed by atoms with E-state index in [1.54, 1.807) is 0 Å². The molecular formula is C12H25N3O. The van der Waals surface area contributed by atoms with E-state index in [4.69, 9.17) is 10.5 Å². The van der Waals surface area contributed by atoms with Gasteiger partial charge in [-0.2, -0.15) is 0 Å². The van der Waals surface area contributed by atoms with E-state index in [0.717, 1.165) is 39.3 Å². The highest BCUT2D eigenvalue weighted by Crippen LogP contribution is 2.17. The molecule has 1 saturated heterocycles. The fourth-order valence-corrected chi connectivity index (χ4v) is 2.79. The Balaban J connectivity index is 1.65. The number of hydrogen-bond acceptors (Lipinski definition) is 4. The lowest BCUT2D eigenvalue weighted by Crippen LogP contribution is -2.46. The minimum atomic E-state index is 0.424. The van der Waals surface area contributed by atoms with Crippen LogP contribution >= 0.6 is 0 Å². The summed E-state index contributed by atoms with van der Waals surface area (Å²) in [7, 11) is 0. The van der Waals surface area contributed by atoms with Gasteiger partial charge in [-0.05, 0) is 26.2 Å². The van der Waals surface area contributed by atoms with Crippen LogP contribution < -0.4 is 11.1 Å². The normalized spacial score (nSPS) is 34.1. The first kappa shape index (κ1) is 12.3. The summed E-state index contributed by atoms with van der Waals surface area (Å²) in [6.45, 7) is 7.35. The predicted octanol–water partition coefficient (Wildman–Crippen LogP) is 0.177. The summed E-state index contributed by atoms with van der Waals surface area (Å²) in [6, 6.07) is 1.63. The van der Waals surface area contributed by atoms with E-state index in [1.165, 1.54) is 12.8 Å². The Labute approximate surface area is 98.5 Å². The topological polar surface area (TPSA) is 50.5 Å². The summed E-state index contributed by atoms with van der Waals surface area (Å²) < 4.78 is 5.35. The first-order chi connectivity index (χ1) is 7.74. The number of morpholine rings is 1. The minimum Gasteiger partial charge on any atom is -0.379 e. The zero-order valence-corrected chi connectivity index (χ0v) is 10.3. The highest BCUT2D eigenvalue weighted by molar-refractivity contribution is 4.85. The van der Waals surface area contributed by atoms with Crippen LogP contribution in [0.25, 0.3) is 0 Å². The maximum absolute atomic E-state index is 5.92. The lowest BCUT2D eigenvalue weighted by atomic mass is 10.2. The maximum Gasteiger partial charge on any atom is 0.0594 e. The fraction of sp³-hybridized carbons (Fsp3) is 1.00. The van der Waals surface area contributed by atoms with Crippen molar-refractivity contribution in [3.05, 3.63) is 0 Å². The molecule has 1 saturated carbocycles. The van der Waals surface area contributed by atoms with Gasteiger partial charge >= 0.3 is 0 Å². The largest absolute Gasteiger partial charge is 0.379 e. The minimum absolute atomic E-state index is 0.424. The van der Waals surface area contributed by atoms with Gasteiger partial charge in [0.1, 0.15) is 0 Å². The molecule has 2 fully saturated rings. The van der Waals surface area contributed by atoms with E-state index in [1.807, 2.05) is 0 Å². The Morgan fingerprint density at radius 1 is 1.38 bits per heavy atom. The van der Waals surface area contributed by atoms with Crippen LogP contribution in [0, 0.1) is 0 Å². The van der Waals surface area contributed by atoms with Crippen LogP contribution in [-0.4, -0.2) is 55.9 Å². The average molecular weight is 227 g/mol. The molecule has 0 aromatic carbocycles. The van der Waals surface area contributed by atoms with Crippen molar-refractivity contribution in [3.63, 3.8) is 0 Å². The summed E-state index contributed by atoms with van der Waals surface area (Å²) in [5.41, 5.74) is 5.92. The number of nitrogens with zero attached hydrogens (tertiary/aromatic N) is 1. The van der Waals surface area contributed by atoms with Crippen molar-refractivity contribution in [1.29, 1.82) is 0 Å². The third-order valence-corrected chi connectivity index (χ3v) is 3.63. The van der Waals surface area contributed by atoms with Crippen molar-refractivity contribution in [2.24, 2.45) is 5.73 Å². The van der Waals surface area contributed by atoms with E-state index < -0.39 is 0 Å². The van der Waals surface area contributed by atoms with Gasteiger partial charge in [-0.1, -0.05) is 0 Å². The van der Waals surface area contributed by atoms with Crippen molar-refractivity contribution < 1.29 is 4.74 Å². The third-order valence-electron chi connectivity index (χ3n) is 3.63. The summed E-state index contributed by atoms with van der Waals surface area (Å²) in [6.07, 6.45) is 3.57. The van der Waals surface area contributed by atoms with Crippen molar-refractivity contribution in [3.8, 4) is 0 Å². The average Bonchev–Trinajstić information content (AvgIpc) is 2.65. The molecule has 0 radical (unpaired) electrons. The molecule has 4 nitrogen and oxygen atoms in total. The lowest BCUT2D eigenvalue weighted by Gasteiger charge is -2.30. The van der Waals surface area contributed by atoms with E-state index in [2.05, 4.69) is 17.1 Å². The summed E-state index contributed by atoms with van der Waals surface area (Å²) >= 11 is 0. The van der Waals surface area contributed by atoms with E-state index in [-0.39, 0.29) is 0 Å². The Bertz CT molecular complexity index is 200. The maximum atomic E-state index is 5.92. The van der Waals surface area contributed by atoms with Crippen LogP contribution in [0.3, 0.4) is 0 Å². The Kier molecular flexibility index (Phi) is 4.58. The van der Waals surface area contributed by atoms with Crippen LogP contribution in [0.15, 0.2) is 0 Å². The van der Waals surface area contributed by atoms with E-state index >= 15 is 0 Å². The van der Waals surface area contributed by atoms with Gasteiger partial charge in [-0.15, -0.1) is 0 Å². The molecule has 1 aliphatic carbocycles. The second kappa shape index (κ2) is 5.96. The molecule has 0 bridgehead atoms. The first-order valence-electron chi connectivity index (χ1n) is 6.56. The van der Waals surface area contributed by atoms with Gasteiger partial charge in [0, 0.05) is 37.8 Å². The van der Waals surface area contributed by atoms with Crippen LogP contribution in [0.5, 0.6) is 0 Å². The van der Waals surface area contributed by atoms with Crippen molar-refractivity contribution in [2.45, 2.75) is 44.3 Å². The van der Waals surface area contributed by atoms with E-state index in [9.17, 15) is 0 Å². The van der Waals surface area contributed by atoms with Crippen molar-refractivity contribution >= 4 is 0 Å². The van der Waals surface area contributed by atoms with Crippen LogP contribution in [0.4, 0.5) is 0 Å². The highest BCUT2D eigenvalue weighted by atomic mass is 16.5.